The Bertz CT molecular complexity index is 438. The van der Waals surface area contributed by atoms with Gasteiger partial charge < -0.3 is 10.6 Å². The molecule has 1 saturated carbocycles. The molecule has 0 aliphatic heterocycles. The highest BCUT2D eigenvalue weighted by molar-refractivity contribution is 8.01. The average Bonchev–Trinajstić information content (AvgIpc) is 2.91. The molecule has 1 aromatic rings. The van der Waals surface area contributed by atoms with Gasteiger partial charge in [-0.15, -0.1) is 11.8 Å². The lowest BCUT2D eigenvalue weighted by atomic mass is 10.1. The van der Waals surface area contributed by atoms with Crippen molar-refractivity contribution in [2.24, 2.45) is 0 Å². The molecule has 0 aromatic heterocycles. The van der Waals surface area contributed by atoms with Crippen LogP contribution in [0, 0.1) is 6.92 Å². The van der Waals surface area contributed by atoms with E-state index in [2.05, 4.69) is 41.8 Å². The first-order valence-corrected chi connectivity index (χ1v) is 8.16. The van der Waals surface area contributed by atoms with Crippen LogP contribution in [-0.4, -0.2) is 30.8 Å². The summed E-state index contributed by atoms with van der Waals surface area (Å²) in [7, 11) is 1.90. The fourth-order valence-electron chi connectivity index (χ4n) is 2.62. The molecule has 0 unspecified atom stereocenters. The number of likely N-dealkylation sites (N-methyl/N-ethyl adjacent to an activating group) is 1. The maximum Gasteiger partial charge on any atom is 0.236 e. The van der Waals surface area contributed by atoms with Gasteiger partial charge in [0.2, 0.25) is 5.91 Å². The van der Waals surface area contributed by atoms with E-state index in [-0.39, 0.29) is 10.7 Å². The van der Waals surface area contributed by atoms with E-state index >= 15 is 0 Å². The monoisotopic (exact) mass is 292 g/mol. The van der Waals surface area contributed by atoms with Crippen LogP contribution in [0.1, 0.15) is 31.2 Å². The second-order valence-corrected chi connectivity index (χ2v) is 6.93. The number of carbonyl (C=O) groups is 1. The van der Waals surface area contributed by atoms with Gasteiger partial charge in [-0.1, -0.05) is 30.5 Å². The number of carbonyl (C=O) groups excluding carboxylic acids is 1. The third kappa shape index (κ3) is 3.76. The van der Waals surface area contributed by atoms with Crippen molar-refractivity contribution < 1.29 is 4.79 Å². The molecular formula is C16H24N2OS. The Morgan fingerprint density at radius 1 is 1.20 bits per heavy atom. The second kappa shape index (κ2) is 7.14. The van der Waals surface area contributed by atoms with Crippen LogP contribution in [0.15, 0.2) is 29.2 Å². The van der Waals surface area contributed by atoms with Gasteiger partial charge in [0, 0.05) is 18.0 Å². The summed E-state index contributed by atoms with van der Waals surface area (Å²) < 4.78 is -0.261. The number of aryl methyl sites for hydroxylation is 1. The molecule has 1 aromatic carbocycles. The van der Waals surface area contributed by atoms with Crippen LogP contribution in [-0.2, 0) is 4.79 Å². The Morgan fingerprint density at radius 2 is 1.85 bits per heavy atom. The van der Waals surface area contributed by atoms with Crippen LogP contribution >= 0.6 is 11.8 Å². The zero-order valence-corrected chi connectivity index (χ0v) is 13.2. The molecule has 1 aliphatic rings. The molecule has 1 aliphatic carbocycles. The highest BCUT2D eigenvalue weighted by atomic mass is 32.2. The van der Waals surface area contributed by atoms with Gasteiger partial charge in [-0.05, 0) is 38.9 Å². The largest absolute Gasteiger partial charge is 0.354 e. The molecule has 0 heterocycles. The molecule has 1 amide bonds. The molecule has 2 N–H and O–H groups in total. The first-order valence-electron chi connectivity index (χ1n) is 7.35. The summed E-state index contributed by atoms with van der Waals surface area (Å²) in [6.45, 7) is 3.60. The first kappa shape index (κ1) is 15.4. The van der Waals surface area contributed by atoms with Crippen LogP contribution in [0.3, 0.4) is 0 Å². The number of benzene rings is 1. The Morgan fingerprint density at radius 3 is 2.45 bits per heavy atom. The summed E-state index contributed by atoms with van der Waals surface area (Å²) in [6, 6.07) is 8.48. The van der Waals surface area contributed by atoms with Gasteiger partial charge in [0.15, 0.2) is 0 Å². The zero-order chi connectivity index (χ0) is 14.4. The van der Waals surface area contributed by atoms with Gasteiger partial charge in [-0.2, -0.15) is 0 Å². The maximum atomic E-state index is 12.6. The van der Waals surface area contributed by atoms with E-state index in [1.54, 1.807) is 11.8 Å². The Hall–Kier alpha value is -1.00. The average molecular weight is 292 g/mol. The van der Waals surface area contributed by atoms with Gasteiger partial charge in [0.1, 0.15) is 0 Å². The summed E-state index contributed by atoms with van der Waals surface area (Å²) in [5, 5.41) is 6.14. The topological polar surface area (TPSA) is 41.1 Å². The van der Waals surface area contributed by atoms with Crippen molar-refractivity contribution >= 4 is 17.7 Å². The molecule has 1 fully saturated rings. The second-order valence-electron chi connectivity index (χ2n) is 5.48. The van der Waals surface area contributed by atoms with Crippen LogP contribution < -0.4 is 10.6 Å². The third-order valence-electron chi connectivity index (χ3n) is 3.82. The predicted molar refractivity (Wildman–Crippen MR) is 85.2 cm³/mol. The third-order valence-corrected chi connectivity index (χ3v) is 5.31. The van der Waals surface area contributed by atoms with Crippen molar-refractivity contribution in [3.63, 3.8) is 0 Å². The smallest absolute Gasteiger partial charge is 0.236 e. The molecule has 20 heavy (non-hydrogen) atoms. The fourth-order valence-corrected chi connectivity index (χ4v) is 4.00. The number of hydrogen-bond acceptors (Lipinski definition) is 3. The minimum absolute atomic E-state index is 0.204. The molecule has 0 atom stereocenters. The van der Waals surface area contributed by atoms with Crippen LogP contribution in [0.5, 0.6) is 0 Å². The molecule has 0 spiro atoms. The number of hydrogen-bond donors (Lipinski definition) is 2. The van der Waals surface area contributed by atoms with Crippen molar-refractivity contribution in [2.45, 2.75) is 42.2 Å². The van der Waals surface area contributed by atoms with E-state index in [1.165, 1.54) is 10.5 Å². The van der Waals surface area contributed by atoms with E-state index in [0.717, 1.165) is 32.2 Å². The minimum Gasteiger partial charge on any atom is -0.354 e. The van der Waals surface area contributed by atoms with E-state index in [9.17, 15) is 4.79 Å². The first-order chi connectivity index (χ1) is 9.66. The molecular weight excluding hydrogens is 268 g/mol. The number of rotatable bonds is 6. The number of thioether (sulfide) groups is 1. The molecule has 0 radical (unpaired) electrons. The molecule has 4 heteroatoms. The minimum atomic E-state index is -0.261. The number of amides is 1. The molecule has 0 bridgehead atoms. The van der Waals surface area contributed by atoms with Crippen molar-refractivity contribution in [3.05, 3.63) is 29.8 Å². The van der Waals surface area contributed by atoms with Crippen molar-refractivity contribution in [1.82, 2.24) is 10.6 Å². The van der Waals surface area contributed by atoms with Crippen LogP contribution in [0.2, 0.25) is 0 Å². The normalized spacial score (nSPS) is 17.1. The summed E-state index contributed by atoms with van der Waals surface area (Å²) in [6.07, 6.45) is 4.27. The SMILES string of the molecule is CNCCNC(=O)C1(Sc2ccc(C)cc2)CCCC1. The molecule has 3 nitrogen and oxygen atoms in total. The van der Waals surface area contributed by atoms with Crippen molar-refractivity contribution in [2.75, 3.05) is 20.1 Å². The molecule has 110 valence electrons. The fraction of sp³-hybridized carbons (Fsp3) is 0.562. The van der Waals surface area contributed by atoms with Gasteiger partial charge in [-0.3, -0.25) is 4.79 Å². The Labute approximate surface area is 125 Å². The molecule has 0 saturated heterocycles. The van der Waals surface area contributed by atoms with Gasteiger partial charge in [0.05, 0.1) is 4.75 Å². The van der Waals surface area contributed by atoms with E-state index < -0.39 is 0 Å². The maximum absolute atomic E-state index is 12.6. The quantitative estimate of drug-likeness (QED) is 0.792. The molecule has 2 rings (SSSR count). The Balaban J connectivity index is 2.05. The summed E-state index contributed by atoms with van der Waals surface area (Å²) in [5.41, 5.74) is 1.26. The highest BCUT2D eigenvalue weighted by Crippen LogP contribution is 2.45. The predicted octanol–water partition coefficient (Wildman–Crippen LogP) is 2.74. The lowest BCUT2D eigenvalue weighted by molar-refractivity contribution is -0.123. The van der Waals surface area contributed by atoms with Crippen molar-refractivity contribution in [1.29, 1.82) is 0 Å². The lowest BCUT2D eigenvalue weighted by Crippen LogP contribution is -2.44. The number of nitrogens with one attached hydrogen (secondary N) is 2. The Kier molecular flexibility index (Phi) is 5.49. The van der Waals surface area contributed by atoms with Gasteiger partial charge in [0.25, 0.3) is 0 Å². The van der Waals surface area contributed by atoms with Gasteiger partial charge >= 0.3 is 0 Å². The van der Waals surface area contributed by atoms with Crippen LogP contribution in [0.25, 0.3) is 0 Å². The summed E-state index contributed by atoms with van der Waals surface area (Å²) >= 11 is 1.74. The van der Waals surface area contributed by atoms with Crippen LogP contribution in [0.4, 0.5) is 0 Å². The summed E-state index contributed by atoms with van der Waals surface area (Å²) in [5.74, 6) is 0.204. The van der Waals surface area contributed by atoms with Gasteiger partial charge in [-0.25, -0.2) is 0 Å². The lowest BCUT2D eigenvalue weighted by Gasteiger charge is -2.27. The van der Waals surface area contributed by atoms with E-state index in [0.29, 0.717) is 6.54 Å². The van der Waals surface area contributed by atoms with Crippen molar-refractivity contribution in [3.8, 4) is 0 Å². The highest BCUT2D eigenvalue weighted by Gasteiger charge is 2.41. The zero-order valence-electron chi connectivity index (χ0n) is 12.4. The standard InChI is InChI=1S/C16H24N2OS/c1-13-5-7-14(8-6-13)20-16(9-3-4-10-16)15(19)18-12-11-17-2/h5-8,17H,3-4,9-12H2,1-2H3,(H,18,19). The summed E-state index contributed by atoms with van der Waals surface area (Å²) in [4.78, 5) is 13.7. The van der Waals surface area contributed by atoms with E-state index in [4.69, 9.17) is 0 Å². The van der Waals surface area contributed by atoms with E-state index in [1.807, 2.05) is 7.05 Å².